The Kier molecular flexibility index (Phi) is 19.7. The van der Waals surface area contributed by atoms with Crippen LogP contribution in [0.4, 0.5) is 10.1 Å². The predicted octanol–water partition coefficient (Wildman–Crippen LogP) is 9.60. The molecular weight excluding hydrogens is 826 g/mol. The third-order valence-electron chi connectivity index (χ3n) is 11.2. The fraction of sp³-hybridized carbons (Fsp3) is 0.346. The number of hydrogen-bond donors (Lipinski definition) is 4. The van der Waals surface area contributed by atoms with E-state index in [2.05, 4.69) is 22.9 Å². The number of fused-ring (bicyclic) bond motifs is 2. The van der Waals surface area contributed by atoms with Crippen LogP contribution >= 0.6 is 0 Å². The van der Waals surface area contributed by atoms with E-state index >= 15 is 0 Å². The summed E-state index contributed by atoms with van der Waals surface area (Å²) in [5, 5.41) is 12.9. The van der Waals surface area contributed by atoms with Gasteiger partial charge in [0.1, 0.15) is 18.2 Å². The predicted molar refractivity (Wildman–Crippen MR) is 252 cm³/mol. The zero-order chi connectivity index (χ0) is 46.4. The average molecular weight is 886 g/mol. The number of benzene rings is 5. The fourth-order valence-electron chi connectivity index (χ4n) is 7.83. The van der Waals surface area contributed by atoms with Gasteiger partial charge in [0.2, 0.25) is 18.7 Å². The van der Waals surface area contributed by atoms with Gasteiger partial charge in [0.05, 0.1) is 17.5 Å². The second kappa shape index (κ2) is 26.0. The van der Waals surface area contributed by atoms with Gasteiger partial charge < -0.3 is 26.0 Å². The summed E-state index contributed by atoms with van der Waals surface area (Å²) < 4.78 is 19.0. The van der Waals surface area contributed by atoms with Gasteiger partial charge in [0.15, 0.2) is 0 Å². The maximum atomic E-state index is 13.1. The van der Waals surface area contributed by atoms with Crippen LogP contribution in [-0.4, -0.2) is 60.5 Å². The lowest BCUT2D eigenvalue weighted by molar-refractivity contribution is -0.120. The lowest BCUT2D eigenvalue weighted by Crippen LogP contribution is -2.37. The normalized spacial score (nSPS) is 12.1. The minimum Gasteiger partial charge on any atom is -0.457 e. The van der Waals surface area contributed by atoms with Crippen LogP contribution in [0.5, 0.6) is 11.5 Å². The smallest absolute Gasteiger partial charge is 0.263 e. The molecule has 12 nitrogen and oxygen atoms in total. The van der Waals surface area contributed by atoms with Crippen LogP contribution in [0.1, 0.15) is 126 Å². The second-order valence-corrected chi connectivity index (χ2v) is 16.1. The number of nitrogens with one attached hydrogen (secondary N) is 4. The molecule has 1 aliphatic rings. The van der Waals surface area contributed by atoms with Gasteiger partial charge in [0, 0.05) is 42.3 Å². The van der Waals surface area contributed by atoms with E-state index in [9.17, 15) is 23.6 Å². The van der Waals surface area contributed by atoms with Crippen molar-refractivity contribution in [1.82, 2.24) is 20.9 Å². The van der Waals surface area contributed by atoms with E-state index in [1.807, 2.05) is 73.7 Å². The van der Waals surface area contributed by atoms with E-state index < -0.39 is 6.67 Å². The lowest BCUT2D eigenvalue weighted by atomic mass is 10.0. The molecule has 342 valence electrons. The van der Waals surface area contributed by atoms with Crippen molar-refractivity contribution in [2.45, 2.75) is 104 Å². The summed E-state index contributed by atoms with van der Waals surface area (Å²) in [4.78, 5) is 71.4. The molecule has 0 spiro atoms. The van der Waals surface area contributed by atoms with Gasteiger partial charge in [-0.25, -0.2) is 4.39 Å². The summed E-state index contributed by atoms with van der Waals surface area (Å²) in [6.07, 6.45) is 11.3. The highest BCUT2D eigenvalue weighted by atomic mass is 19.1. The van der Waals surface area contributed by atoms with Crippen molar-refractivity contribution in [1.29, 1.82) is 0 Å². The molecule has 0 fully saturated rings. The number of carbonyl (C=O) groups excluding carboxylic acids is 6. The maximum absolute atomic E-state index is 13.1. The number of carbonyl (C=O) groups is 6. The number of imide groups is 2. The Hall–Kier alpha value is -6.89. The zero-order valence-corrected chi connectivity index (χ0v) is 37.3. The maximum Gasteiger partial charge on any atom is 0.263 e. The van der Waals surface area contributed by atoms with Crippen molar-refractivity contribution in [2.24, 2.45) is 0 Å². The monoisotopic (exact) mass is 885 g/mol. The molecular formula is C52H60FN5O7. The van der Waals surface area contributed by atoms with Crippen LogP contribution in [0, 0.1) is 0 Å². The number of anilines is 1. The number of rotatable bonds is 25. The van der Waals surface area contributed by atoms with Gasteiger partial charge in [-0.3, -0.25) is 33.7 Å². The zero-order valence-electron chi connectivity index (χ0n) is 37.3. The van der Waals surface area contributed by atoms with E-state index in [1.165, 1.54) is 11.3 Å². The Bertz CT molecular complexity index is 2380. The molecule has 13 heteroatoms. The quantitative estimate of drug-likeness (QED) is 0.0256. The summed E-state index contributed by atoms with van der Waals surface area (Å²) in [7, 11) is 0. The van der Waals surface area contributed by atoms with E-state index in [4.69, 9.17) is 14.3 Å². The third-order valence-corrected chi connectivity index (χ3v) is 11.2. The molecule has 4 N–H and O–H groups in total. The number of nitrogens with zero attached hydrogens (tertiary/aromatic N) is 1. The molecule has 5 aromatic rings. The van der Waals surface area contributed by atoms with Gasteiger partial charge in [-0.15, -0.1) is 0 Å². The molecule has 0 bridgehead atoms. The van der Waals surface area contributed by atoms with E-state index in [1.54, 1.807) is 41.7 Å². The van der Waals surface area contributed by atoms with Crippen LogP contribution in [0.15, 0.2) is 103 Å². The van der Waals surface area contributed by atoms with Crippen molar-refractivity contribution in [2.75, 3.05) is 18.4 Å². The Morgan fingerprint density at radius 1 is 0.723 bits per heavy atom. The molecule has 0 saturated heterocycles. The molecule has 5 aromatic carbocycles. The van der Waals surface area contributed by atoms with Gasteiger partial charge >= 0.3 is 0 Å². The number of amides is 6. The van der Waals surface area contributed by atoms with Gasteiger partial charge in [-0.1, -0.05) is 106 Å². The first-order chi connectivity index (χ1) is 31.7. The van der Waals surface area contributed by atoms with Gasteiger partial charge in [0.25, 0.3) is 17.7 Å². The van der Waals surface area contributed by atoms with Crippen LogP contribution in [0.2, 0.25) is 0 Å². The van der Waals surface area contributed by atoms with Crippen LogP contribution in [0.3, 0.4) is 0 Å². The molecule has 65 heavy (non-hydrogen) atoms. The summed E-state index contributed by atoms with van der Waals surface area (Å²) in [6, 6.07) is 31.1. The number of ether oxygens (including phenoxy) is 1. The molecule has 6 amide bonds. The summed E-state index contributed by atoms with van der Waals surface area (Å²) in [5.41, 5.74) is 4.69. The first-order valence-electron chi connectivity index (χ1n) is 22.5. The standard InChI is InChI=1S/C50H57FN4O5.C2H3NO2/c1-3-15-35(2)55-49(58)43-19-14-20-44(47(43)50(55)59)52-28-10-8-6-4-5-7-9-11-29-53-46(56)31-37-16-12-17-38(30-37)34-54-48(57)40-24-27-42-39(32-40)18-13-21-45(42)60-41-25-22-36(33-51)23-26-41;4-1-3-2-5/h12-14,16-27,30,32,35,52H,3-11,15,28-29,31,33-34H2,1-2H3,(H,53,56)(H,54,57);1-2H,(H,3,4,5). The molecule has 1 unspecified atom stereocenters. The van der Waals surface area contributed by atoms with Crippen molar-refractivity contribution in [3.63, 3.8) is 0 Å². The Morgan fingerprint density at radius 2 is 1.40 bits per heavy atom. The number of alkyl halides is 1. The van der Waals surface area contributed by atoms with Crippen LogP contribution in [0.25, 0.3) is 10.8 Å². The highest BCUT2D eigenvalue weighted by Crippen LogP contribution is 2.33. The van der Waals surface area contributed by atoms with Crippen LogP contribution < -0.4 is 26.0 Å². The molecule has 1 atom stereocenters. The van der Waals surface area contributed by atoms with Crippen molar-refractivity contribution >= 4 is 52.9 Å². The highest BCUT2D eigenvalue weighted by Gasteiger charge is 2.39. The lowest BCUT2D eigenvalue weighted by Gasteiger charge is -2.21. The van der Waals surface area contributed by atoms with Crippen molar-refractivity contribution in [3.8, 4) is 11.5 Å². The van der Waals surface area contributed by atoms with E-state index in [0.29, 0.717) is 59.7 Å². The average Bonchev–Trinajstić information content (AvgIpc) is 3.58. The largest absolute Gasteiger partial charge is 0.457 e. The Morgan fingerprint density at radius 3 is 2.09 bits per heavy atom. The summed E-state index contributed by atoms with van der Waals surface area (Å²) in [5.74, 6) is 0.670. The third kappa shape index (κ3) is 14.6. The molecule has 0 aliphatic carbocycles. The van der Waals surface area contributed by atoms with Gasteiger partial charge in [-0.05, 0) is 96.8 Å². The van der Waals surface area contributed by atoms with Crippen molar-refractivity contribution < 1.29 is 37.9 Å². The number of halogens is 1. The fourth-order valence-corrected chi connectivity index (χ4v) is 7.83. The Balaban J connectivity index is 0.00000150. The first kappa shape index (κ1) is 49.1. The van der Waals surface area contributed by atoms with E-state index in [0.717, 1.165) is 91.9 Å². The SMILES string of the molecule is CCCC(C)N1C(=O)c2cccc(NCCCCCCCCCCNC(=O)Cc3cccc(CNC(=O)c4ccc5c(Oc6ccc(CF)cc6)cccc5c4)c3)c2C1=O.O=CNC=O. The van der Waals surface area contributed by atoms with Gasteiger partial charge in [-0.2, -0.15) is 0 Å². The minimum absolute atomic E-state index is 0.0131. The number of hydrogen-bond acceptors (Lipinski definition) is 8. The van der Waals surface area contributed by atoms with Crippen LogP contribution in [-0.2, 0) is 34.0 Å². The highest BCUT2D eigenvalue weighted by molar-refractivity contribution is 6.24. The first-order valence-corrected chi connectivity index (χ1v) is 22.5. The minimum atomic E-state index is -0.525. The molecule has 1 aliphatic heterocycles. The summed E-state index contributed by atoms with van der Waals surface area (Å²) in [6.45, 7) is 5.22. The molecule has 0 radical (unpaired) electrons. The topological polar surface area (TPSA) is 163 Å². The summed E-state index contributed by atoms with van der Waals surface area (Å²) >= 11 is 0. The molecule has 0 aromatic heterocycles. The number of unbranched alkanes of at least 4 members (excludes halogenated alkanes) is 7. The second-order valence-electron chi connectivity index (χ2n) is 16.1. The Labute approximate surface area is 380 Å². The molecule has 1 heterocycles. The van der Waals surface area contributed by atoms with E-state index in [-0.39, 0.29) is 36.1 Å². The molecule has 0 saturated carbocycles. The van der Waals surface area contributed by atoms with Crippen molar-refractivity contribution in [3.05, 3.63) is 137 Å². The molecule has 6 rings (SSSR count).